The minimum atomic E-state index is -1.84. The van der Waals surface area contributed by atoms with E-state index in [0.29, 0.717) is 0 Å². The van der Waals surface area contributed by atoms with Crippen molar-refractivity contribution < 1.29 is 52.6 Å². The highest BCUT2D eigenvalue weighted by molar-refractivity contribution is 6.08. The molecule has 0 saturated carbocycles. The molecule has 1 heterocycles. The summed E-state index contributed by atoms with van der Waals surface area (Å²) in [5.41, 5.74) is 0. The molecular formula is C21H31NO11. The van der Waals surface area contributed by atoms with Gasteiger partial charge in [0.05, 0.1) is 17.8 Å². The summed E-state index contributed by atoms with van der Waals surface area (Å²) in [5.74, 6) is -7.09. The van der Waals surface area contributed by atoms with Crippen molar-refractivity contribution in [2.24, 2.45) is 23.7 Å². The standard InChI is InChI=1S/C21H31NO11/c1-9(2)17(25)29-13-14(30-18(26)10(3)4)16(24)22(15(13)23)33-21(28)32-20(12(7)8)31-19(27)11(5)6/h9-14,20H,1-8H3/t13-,14-,20-/m0/s1. The van der Waals surface area contributed by atoms with Gasteiger partial charge in [0, 0.05) is 5.92 Å². The smallest absolute Gasteiger partial charge is 0.447 e. The lowest BCUT2D eigenvalue weighted by molar-refractivity contribution is -0.202. The SMILES string of the molecule is CC(C)C(=O)O[C@@H](OC(=O)ON1C(=O)[C@@H](OC(=O)C(C)C)[C@H](OC(=O)C(C)C)C1=O)C(C)C. The van der Waals surface area contributed by atoms with E-state index < -0.39 is 78.0 Å². The van der Waals surface area contributed by atoms with E-state index >= 15 is 0 Å². The van der Waals surface area contributed by atoms with E-state index in [1.165, 1.54) is 27.7 Å². The first-order chi connectivity index (χ1) is 15.2. The van der Waals surface area contributed by atoms with E-state index in [4.69, 9.17) is 23.8 Å². The van der Waals surface area contributed by atoms with E-state index in [0.717, 1.165) is 0 Å². The number of amides is 2. The first kappa shape index (κ1) is 27.9. The molecule has 3 atom stereocenters. The van der Waals surface area contributed by atoms with Gasteiger partial charge in [0.1, 0.15) is 0 Å². The molecule has 2 amide bonds. The third-order valence-corrected chi connectivity index (χ3v) is 4.22. The maximum Gasteiger partial charge on any atom is 0.537 e. The highest BCUT2D eigenvalue weighted by Crippen LogP contribution is 2.24. The van der Waals surface area contributed by atoms with E-state index in [2.05, 4.69) is 0 Å². The Balaban J connectivity index is 3.03. The predicted molar refractivity (Wildman–Crippen MR) is 108 cm³/mol. The van der Waals surface area contributed by atoms with E-state index in [1.807, 2.05) is 0 Å². The summed E-state index contributed by atoms with van der Waals surface area (Å²) in [5, 5.41) is 0.000530. The van der Waals surface area contributed by atoms with Crippen LogP contribution in [0.4, 0.5) is 4.79 Å². The van der Waals surface area contributed by atoms with Crippen LogP contribution in [0.25, 0.3) is 0 Å². The Morgan fingerprint density at radius 3 is 1.39 bits per heavy atom. The average molecular weight is 473 g/mol. The number of nitrogens with zero attached hydrogens (tertiary/aromatic N) is 1. The molecule has 0 N–H and O–H groups in total. The molecule has 33 heavy (non-hydrogen) atoms. The Morgan fingerprint density at radius 2 is 1.06 bits per heavy atom. The normalized spacial score (nSPS) is 19.2. The summed E-state index contributed by atoms with van der Waals surface area (Å²) < 4.78 is 20.1. The Morgan fingerprint density at radius 1 is 0.667 bits per heavy atom. The number of ether oxygens (including phenoxy) is 4. The average Bonchev–Trinajstić information content (AvgIpc) is 2.91. The molecule has 1 saturated heterocycles. The number of hydrogen-bond acceptors (Lipinski definition) is 11. The number of hydroxylamine groups is 2. The molecule has 0 aromatic carbocycles. The van der Waals surface area contributed by atoms with Crippen LogP contribution in [0.1, 0.15) is 55.4 Å². The Kier molecular flexibility index (Phi) is 9.80. The molecule has 1 fully saturated rings. The topological polar surface area (TPSA) is 152 Å². The predicted octanol–water partition coefficient (Wildman–Crippen LogP) is 1.74. The van der Waals surface area contributed by atoms with Gasteiger partial charge in [-0.15, -0.1) is 0 Å². The van der Waals surface area contributed by atoms with Crippen molar-refractivity contribution in [2.45, 2.75) is 73.9 Å². The Bertz CT molecular complexity index is 747. The molecule has 0 spiro atoms. The van der Waals surface area contributed by atoms with Crippen molar-refractivity contribution in [1.29, 1.82) is 0 Å². The van der Waals surface area contributed by atoms with Crippen LogP contribution in [-0.2, 0) is 47.8 Å². The Labute approximate surface area is 191 Å². The third kappa shape index (κ3) is 7.43. The van der Waals surface area contributed by atoms with E-state index in [1.54, 1.807) is 27.7 Å². The highest BCUT2D eigenvalue weighted by Gasteiger charge is 2.55. The molecule has 0 aliphatic carbocycles. The molecule has 12 nitrogen and oxygen atoms in total. The summed E-state index contributed by atoms with van der Waals surface area (Å²) in [4.78, 5) is 78.1. The fourth-order valence-corrected chi connectivity index (χ4v) is 2.17. The number of imide groups is 1. The fraction of sp³-hybridized carbons (Fsp3) is 0.714. The van der Waals surface area contributed by atoms with E-state index in [-0.39, 0.29) is 5.06 Å². The van der Waals surface area contributed by atoms with Crippen LogP contribution in [0.3, 0.4) is 0 Å². The number of carbonyl (C=O) groups excluding carboxylic acids is 6. The summed E-state index contributed by atoms with van der Waals surface area (Å²) in [7, 11) is 0. The maximum atomic E-state index is 12.7. The van der Waals surface area contributed by atoms with Crippen LogP contribution in [0.2, 0.25) is 0 Å². The van der Waals surface area contributed by atoms with Crippen LogP contribution in [0.5, 0.6) is 0 Å². The van der Waals surface area contributed by atoms with Gasteiger partial charge in [-0.3, -0.25) is 28.8 Å². The van der Waals surface area contributed by atoms with Crippen molar-refractivity contribution in [2.75, 3.05) is 0 Å². The van der Waals surface area contributed by atoms with Gasteiger partial charge in [-0.2, -0.15) is 0 Å². The highest BCUT2D eigenvalue weighted by atomic mass is 16.9. The van der Waals surface area contributed by atoms with Gasteiger partial charge in [-0.1, -0.05) is 60.5 Å². The van der Waals surface area contributed by atoms with Gasteiger partial charge in [0.25, 0.3) is 6.29 Å². The molecule has 0 bridgehead atoms. The molecular weight excluding hydrogens is 442 g/mol. The number of esters is 3. The lowest BCUT2D eigenvalue weighted by Gasteiger charge is -2.22. The first-order valence-corrected chi connectivity index (χ1v) is 10.5. The molecule has 0 radical (unpaired) electrons. The molecule has 1 aliphatic rings. The molecule has 12 heteroatoms. The fourth-order valence-electron chi connectivity index (χ4n) is 2.17. The van der Waals surface area contributed by atoms with Crippen LogP contribution < -0.4 is 0 Å². The van der Waals surface area contributed by atoms with Crippen molar-refractivity contribution in [3.63, 3.8) is 0 Å². The minimum absolute atomic E-state index is 0.000530. The zero-order valence-corrected chi connectivity index (χ0v) is 20.0. The van der Waals surface area contributed by atoms with Crippen LogP contribution in [-0.4, -0.2) is 59.4 Å². The van der Waals surface area contributed by atoms with Crippen LogP contribution in [0.15, 0.2) is 0 Å². The quantitative estimate of drug-likeness (QED) is 0.208. The number of rotatable bonds is 9. The largest absolute Gasteiger partial charge is 0.537 e. The van der Waals surface area contributed by atoms with Gasteiger partial charge >= 0.3 is 35.9 Å². The van der Waals surface area contributed by atoms with Crippen molar-refractivity contribution >= 4 is 35.9 Å². The molecule has 0 unspecified atom stereocenters. The second-order valence-electron chi connectivity index (χ2n) is 8.66. The first-order valence-electron chi connectivity index (χ1n) is 10.5. The molecule has 0 aromatic rings. The third-order valence-electron chi connectivity index (χ3n) is 4.22. The zero-order chi connectivity index (χ0) is 25.6. The van der Waals surface area contributed by atoms with Gasteiger partial charge in [0.2, 0.25) is 12.2 Å². The summed E-state index contributed by atoms with van der Waals surface area (Å²) >= 11 is 0. The minimum Gasteiger partial charge on any atom is -0.447 e. The summed E-state index contributed by atoms with van der Waals surface area (Å²) in [6.45, 7) is 12.3. The molecule has 1 aliphatic heterocycles. The van der Waals surface area contributed by atoms with Gasteiger partial charge in [-0.05, 0) is 0 Å². The summed E-state index contributed by atoms with van der Waals surface area (Å²) in [6.07, 6.45) is -6.58. The molecule has 1 rings (SSSR count). The lowest BCUT2D eigenvalue weighted by Crippen LogP contribution is -2.39. The van der Waals surface area contributed by atoms with Gasteiger partial charge in [0.15, 0.2) is 0 Å². The van der Waals surface area contributed by atoms with Crippen LogP contribution >= 0.6 is 0 Å². The number of hydrogen-bond donors (Lipinski definition) is 0. The van der Waals surface area contributed by atoms with Crippen molar-refractivity contribution in [1.82, 2.24) is 5.06 Å². The summed E-state index contributed by atoms with van der Waals surface area (Å²) in [6, 6.07) is 0. The van der Waals surface area contributed by atoms with Gasteiger partial charge in [-0.25, -0.2) is 4.79 Å². The zero-order valence-electron chi connectivity index (χ0n) is 20.0. The van der Waals surface area contributed by atoms with Crippen LogP contribution in [0, 0.1) is 23.7 Å². The maximum absolute atomic E-state index is 12.7. The number of carbonyl (C=O) groups is 6. The molecule has 0 aromatic heterocycles. The molecule has 186 valence electrons. The van der Waals surface area contributed by atoms with Crippen molar-refractivity contribution in [3.05, 3.63) is 0 Å². The van der Waals surface area contributed by atoms with E-state index in [9.17, 15) is 28.8 Å². The second kappa shape index (κ2) is 11.6. The Hall–Kier alpha value is -3.18. The monoisotopic (exact) mass is 473 g/mol. The second-order valence-corrected chi connectivity index (χ2v) is 8.66. The van der Waals surface area contributed by atoms with Crippen molar-refractivity contribution in [3.8, 4) is 0 Å². The van der Waals surface area contributed by atoms with Gasteiger partial charge < -0.3 is 18.9 Å². The lowest BCUT2D eigenvalue weighted by atomic mass is 10.2.